The predicted molar refractivity (Wildman–Crippen MR) is 147 cm³/mol. The van der Waals surface area contributed by atoms with Gasteiger partial charge in [0.1, 0.15) is 18.0 Å². The Hall–Kier alpha value is -4.38. The molecule has 0 aromatic heterocycles. The van der Waals surface area contributed by atoms with Gasteiger partial charge in [-0.15, -0.1) is 0 Å². The first kappa shape index (κ1) is 28.2. The topological polar surface area (TPSA) is 126 Å². The molecule has 0 saturated heterocycles. The first-order valence-corrected chi connectivity index (χ1v) is 13.4. The minimum absolute atomic E-state index is 0.153. The zero-order valence-electron chi connectivity index (χ0n) is 21.6. The number of amides is 2. The minimum atomic E-state index is -3.78. The van der Waals surface area contributed by atoms with Crippen LogP contribution in [0, 0.1) is 13.8 Å². The van der Waals surface area contributed by atoms with E-state index in [4.69, 9.17) is 9.47 Å². The molecule has 2 amide bonds. The van der Waals surface area contributed by atoms with Gasteiger partial charge in [0, 0.05) is 5.69 Å². The van der Waals surface area contributed by atoms with Gasteiger partial charge in [-0.3, -0.25) is 13.9 Å². The summed E-state index contributed by atoms with van der Waals surface area (Å²) in [6, 6.07) is 19.2. The first-order chi connectivity index (χ1) is 18.0. The maximum Gasteiger partial charge on any atom is 0.262 e. The van der Waals surface area contributed by atoms with E-state index in [0.29, 0.717) is 22.7 Å². The highest BCUT2D eigenvalue weighted by Gasteiger charge is 2.24. The van der Waals surface area contributed by atoms with Crippen LogP contribution in [0.5, 0.6) is 11.5 Å². The number of carbonyl (C=O) groups excluding carboxylic acids is 2. The molecule has 3 aromatic carbocycles. The molecule has 0 fully saturated rings. The van der Waals surface area contributed by atoms with Gasteiger partial charge in [0.25, 0.3) is 11.8 Å². The lowest BCUT2D eigenvalue weighted by atomic mass is 10.2. The molecule has 0 spiro atoms. The Bertz CT molecular complexity index is 1400. The summed E-state index contributed by atoms with van der Waals surface area (Å²) >= 11 is 0. The van der Waals surface area contributed by atoms with E-state index in [1.165, 1.54) is 13.3 Å². The van der Waals surface area contributed by atoms with Crippen LogP contribution in [0.1, 0.15) is 16.7 Å². The largest absolute Gasteiger partial charge is 0.495 e. The maximum atomic E-state index is 12.5. The minimum Gasteiger partial charge on any atom is -0.495 e. The first-order valence-electron chi connectivity index (χ1n) is 11.6. The van der Waals surface area contributed by atoms with Crippen LogP contribution in [-0.2, 0) is 19.6 Å². The van der Waals surface area contributed by atoms with Crippen LogP contribution in [0.25, 0.3) is 0 Å². The van der Waals surface area contributed by atoms with Gasteiger partial charge in [-0.2, -0.15) is 5.10 Å². The summed E-state index contributed by atoms with van der Waals surface area (Å²) in [6.07, 6.45) is 2.42. The molecule has 0 bridgehead atoms. The molecular weight excluding hydrogens is 508 g/mol. The number of hydrogen-bond acceptors (Lipinski definition) is 7. The van der Waals surface area contributed by atoms with E-state index in [1.54, 1.807) is 42.5 Å². The van der Waals surface area contributed by atoms with E-state index in [9.17, 15) is 18.0 Å². The van der Waals surface area contributed by atoms with E-state index in [-0.39, 0.29) is 18.2 Å². The fraction of sp³-hybridized carbons (Fsp3) is 0.222. The number of nitrogens with zero attached hydrogens (tertiary/aromatic N) is 2. The second-order valence-corrected chi connectivity index (χ2v) is 10.4. The Morgan fingerprint density at radius 1 is 0.947 bits per heavy atom. The maximum absolute atomic E-state index is 12.5. The van der Waals surface area contributed by atoms with E-state index >= 15 is 0 Å². The summed E-state index contributed by atoms with van der Waals surface area (Å²) < 4.78 is 36.5. The average Bonchev–Trinajstić information content (AvgIpc) is 2.87. The summed E-state index contributed by atoms with van der Waals surface area (Å²) in [5.74, 6) is -0.100. The van der Waals surface area contributed by atoms with Gasteiger partial charge in [-0.1, -0.05) is 23.8 Å². The second kappa shape index (κ2) is 12.7. The van der Waals surface area contributed by atoms with Crippen molar-refractivity contribution < 1.29 is 27.5 Å². The lowest BCUT2D eigenvalue weighted by molar-refractivity contribution is -0.119. The molecule has 11 heteroatoms. The molecule has 0 heterocycles. The molecule has 3 rings (SSSR count). The Labute approximate surface area is 222 Å². The number of hydrazone groups is 1. The Morgan fingerprint density at radius 3 is 2.24 bits per heavy atom. The van der Waals surface area contributed by atoms with Crippen molar-refractivity contribution in [3.8, 4) is 11.5 Å². The molecule has 0 aliphatic rings. The predicted octanol–water partition coefficient (Wildman–Crippen LogP) is 3.25. The molecule has 0 aliphatic heterocycles. The van der Waals surface area contributed by atoms with Gasteiger partial charge < -0.3 is 14.8 Å². The third-order valence-corrected chi connectivity index (χ3v) is 6.41. The smallest absolute Gasteiger partial charge is 0.262 e. The number of aryl methyl sites for hydroxylation is 2. The fourth-order valence-electron chi connectivity index (χ4n) is 3.35. The highest BCUT2D eigenvalue weighted by molar-refractivity contribution is 7.92. The van der Waals surface area contributed by atoms with E-state index in [1.807, 2.05) is 38.1 Å². The number of anilines is 2. The summed E-state index contributed by atoms with van der Waals surface area (Å²) in [6.45, 7) is 3.14. The van der Waals surface area contributed by atoms with Crippen LogP contribution in [0.4, 0.5) is 11.4 Å². The van der Waals surface area contributed by atoms with Crippen molar-refractivity contribution in [1.29, 1.82) is 0 Å². The monoisotopic (exact) mass is 538 g/mol. The molecule has 38 heavy (non-hydrogen) atoms. The molecule has 3 aromatic rings. The molecule has 2 N–H and O–H groups in total. The van der Waals surface area contributed by atoms with Crippen LogP contribution in [0.2, 0.25) is 0 Å². The summed E-state index contributed by atoms with van der Waals surface area (Å²) in [7, 11) is -2.35. The molecule has 10 nitrogen and oxygen atoms in total. The third kappa shape index (κ3) is 8.34. The zero-order chi connectivity index (χ0) is 27.7. The quantitative estimate of drug-likeness (QED) is 0.285. The lowest BCUT2D eigenvalue weighted by Gasteiger charge is -2.23. The van der Waals surface area contributed by atoms with Crippen molar-refractivity contribution in [2.24, 2.45) is 5.10 Å². The van der Waals surface area contributed by atoms with Gasteiger partial charge in [0.2, 0.25) is 10.0 Å². The van der Waals surface area contributed by atoms with Gasteiger partial charge in [-0.25, -0.2) is 13.8 Å². The van der Waals surface area contributed by atoms with Gasteiger partial charge in [0.15, 0.2) is 6.61 Å². The number of hydrogen-bond donors (Lipinski definition) is 2. The molecule has 0 aliphatic carbocycles. The van der Waals surface area contributed by atoms with Crippen molar-refractivity contribution in [3.05, 3.63) is 83.4 Å². The Morgan fingerprint density at radius 2 is 1.61 bits per heavy atom. The van der Waals surface area contributed by atoms with Crippen molar-refractivity contribution in [3.63, 3.8) is 0 Å². The SMILES string of the molecule is COc1ccc(C)cc1N(CC(=O)N/N=C\c1ccc(OCC(=O)Nc2ccc(C)cc2)cc1)S(C)(=O)=O. The molecule has 0 saturated carbocycles. The number of ether oxygens (including phenoxy) is 2. The van der Waals surface area contributed by atoms with Crippen molar-refractivity contribution in [2.75, 3.05) is 36.1 Å². The number of sulfonamides is 1. The van der Waals surface area contributed by atoms with Crippen molar-refractivity contribution >= 4 is 39.4 Å². The number of methoxy groups -OCH3 is 1. The Balaban J connectivity index is 1.53. The molecular formula is C27H30N4O6S. The van der Waals surface area contributed by atoms with Gasteiger partial charge in [-0.05, 0) is 73.5 Å². The molecule has 0 radical (unpaired) electrons. The number of rotatable bonds is 11. The van der Waals surface area contributed by atoms with Gasteiger partial charge in [0.05, 0.1) is 25.3 Å². The molecule has 200 valence electrons. The number of carbonyl (C=O) groups is 2. The van der Waals surface area contributed by atoms with E-state index in [2.05, 4.69) is 15.8 Å². The summed E-state index contributed by atoms with van der Waals surface area (Å²) in [5, 5.41) is 6.66. The third-order valence-electron chi connectivity index (χ3n) is 5.28. The van der Waals surface area contributed by atoms with Crippen LogP contribution >= 0.6 is 0 Å². The molecule has 0 unspecified atom stereocenters. The van der Waals surface area contributed by atoms with Crippen LogP contribution in [0.3, 0.4) is 0 Å². The van der Waals surface area contributed by atoms with Crippen LogP contribution < -0.4 is 24.5 Å². The standard InChI is InChI=1S/C27H30N4O6S/c1-19-5-10-22(11-6-19)29-27(33)18-37-23-12-8-21(9-13-23)16-28-30-26(32)17-31(38(4,34)35)24-15-20(2)7-14-25(24)36-3/h5-16H,17-18H2,1-4H3,(H,29,33)(H,30,32)/b28-16-. The fourth-order valence-corrected chi connectivity index (χ4v) is 4.21. The average molecular weight is 539 g/mol. The van der Waals surface area contributed by atoms with Crippen LogP contribution in [-0.4, -0.2) is 53.0 Å². The van der Waals surface area contributed by atoms with Gasteiger partial charge >= 0.3 is 0 Å². The van der Waals surface area contributed by atoms with Crippen molar-refractivity contribution in [1.82, 2.24) is 5.43 Å². The Kier molecular flexibility index (Phi) is 9.44. The zero-order valence-corrected chi connectivity index (χ0v) is 22.4. The lowest BCUT2D eigenvalue weighted by Crippen LogP contribution is -2.39. The number of benzene rings is 3. The normalized spacial score (nSPS) is 11.2. The van der Waals surface area contributed by atoms with Crippen LogP contribution in [0.15, 0.2) is 71.8 Å². The highest BCUT2D eigenvalue weighted by atomic mass is 32.2. The van der Waals surface area contributed by atoms with E-state index < -0.39 is 22.5 Å². The highest BCUT2D eigenvalue weighted by Crippen LogP contribution is 2.30. The van der Waals surface area contributed by atoms with Crippen molar-refractivity contribution in [2.45, 2.75) is 13.8 Å². The van der Waals surface area contributed by atoms with E-state index in [0.717, 1.165) is 21.7 Å². The summed E-state index contributed by atoms with van der Waals surface area (Å²) in [5.41, 5.74) is 5.85. The second-order valence-electron chi connectivity index (χ2n) is 8.51. The summed E-state index contributed by atoms with van der Waals surface area (Å²) in [4.78, 5) is 24.5. The number of nitrogens with one attached hydrogen (secondary N) is 2. The molecule has 0 atom stereocenters.